The van der Waals surface area contributed by atoms with Crippen LogP contribution >= 0.6 is 0 Å². The van der Waals surface area contributed by atoms with Crippen molar-refractivity contribution in [1.82, 2.24) is 5.32 Å². The Labute approximate surface area is 126 Å². The Morgan fingerprint density at radius 1 is 1.29 bits per heavy atom. The number of rotatable bonds is 6. The van der Waals surface area contributed by atoms with Crippen LogP contribution < -0.4 is 5.32 Å². The average Bonchev–Trinajstić information content (AvgIpc) is 2.52. The van der Waals surface area contributed by atoms with Gasteiger partial charge in [-0.15, -0.1) is 0 Å². The highest BCUT2D eigenvalue weighted by molar-refractivity contribution is 5.55. The molecule has 1 aliphatic rings. The lowest BCUT2D eigenvalue weighted by Crippen LogP contribution is -2.22. The largest absolute Gasteiger partial charge is 0.313 e. The Morgan fingerprint density at radius 3 is 2.71 bits per heavy atom. The van der Waals surface area contributed by atoms with Crippen LogP contribution in [0.25, 0.3) is 6.08 Å². The lowest BCUT2D eigenvalue weighted by molar-refractivity contribution is 0.151. The third-order valence-corrected chi connectivity index (χ3v) is 4.22. The first-order chi connectivity index (χ1) is 10.2. The summed E-state index contributed by atoms with van der Waals surface area (Å²) in [7, 11) is 0. The zero-order valence-electron chi connectivity index (χ0n) is 12.7. The smallest absolute Gasteiger partial charge is 0.263 e. The van der Waals surface area contributed by atoms with E-state index in [1.807, 2.05) is 6.07 Å². The Kier molecular flexibility index (Phi) is 6.37. The van der Waals surface area contributed by atoms with E-state index >= 15 is 0 Å². The molecule has 0 amide bonds. The molecule has 1 aliphatic carbocycles. The molecule has 1 N–H and O–H groups in total. The maximum Gasteiger partial charge on any atom is 0.263 e. The summed E-state index contributed by atoms with van der Waals surface area (Å²) in [5.41, 5.74) is 2.37. The molecule has 0 spiro atoms. The van der Waals surface area contributed by atoms with Crippen molar-refractivity contribution in [3.05, 3.63) is 41.0 Å². The van der Waals surface area contributed by atoms with E-state index in [0.29, 0.717) is 5.92 Å². The summed E-state index contributed by atoms with van der Waals surface area (Å²) in [5.74, 6) is 0.605. The van der Waals surface area contributed by atoms with Gasteiger partial charge in [-0.3, -0.25) is 0 Å². The van der Waals surface area contributed by atoms with Crippen LogP contribution in [0.15, 0.2) is 29.8 Å². The molecule has 0 unspecified atom stereocenters. The minimum Gasteiger partial charge on any atom is -0.313 e. The summed E-state index contributed by atoms with van der Waals surface area (Å²) in [5, 5.41) is 3.39. The molecule has 3 heteroatoms. The summed E-state index contributed by atoms with van der Waals surface area (Å²) >= 11 is 0. The fourth-order valence-electron chi connectivity index (χ4n) is 3.05. The van der Waals surface area contributed by atoms with E-state index in [2.05, 4.69) is 18.3 Å². The lowest BCUT2D eigenvalue weighted by atomic mass is 9.83. The molecule has 0 aliphatic heterocycles. The van der Waals surface area contributed by atoms with Gasteiger partial charge in [-0.05, 0) is 36.9 Å². The van der Waals surface area contributed by atoms with Gasteiger partial charge in [0.15, 0.2) is 0 Å². The third kappa shape index (κ3) is 4.92. The topological polar surface area (TPSA) is 12.0 Å². The molecule has 2 rings (SSSR count). The minimum atomic E-state index is -2.40. The van der Waals surface area contributed by atoms with Crippen molar-refractivity contribution in [3.63, 3.8) is 0 Å². The summed E-state index contributed by atoms with van der Waals surface area (Å²) in [6, 6.07) is 6.74. The van der Waals surface area contributed by atoms with E-state index in [1.54, 1.807) is 12.1 Å². The second-order valence-corrected chi connectivity index (χ2v) is 5.81. The maximum atomic E-state index is 12.8. The molecule has 21 heavy (non-hydrogen) atoms. The first-order valence-corrected chi connectivity index (χ1v) is 8.00. The first-order valence-electron chi connectivity index (χ1n) is 8.00. The quantitative estimate of drug-likeness (QED) is 0.760. The van der Waals surface area contributed by atoms with Crippen LogP contribution in [0.4, 0.5) is 8.78 Å². The van der Waals surface area contributed by atoms with Crippen molar-refractivity contribution in [2.75, 3.05) is 13.1 Å². The zero-order valence-corrected chi connectivity index (χ0v) is 12.7. The highest BCUT2D eigenvalue weighted by atomic mass is 19.3. The summed E-state index contributed by atoms with van der Waals surface area (Å²) in [6.07, 6.45) is 6.06. The van der Waals surface area contributed by atoms with Gasteiger partial charge in [-0.2, -0.15) is 0 Å². The van der Waals surface area contributed by atoms with Crippen LogP contribution in [0.2, 0.25) is 0 Å². The van der Waals surface area contributed by atoms with Crippen LogP contribution in [-0.4, -0.2) is 13.1 Å². The Bertz CT molecular complexity index is 462. The molecule has 1 nitrogen and oxygen atoms in total. The van der Waals surface area contributed by atoms with Crippen LogP contribution in [0.3, 0.4) is 0 Å². The zero-order chi connectivity index (χ0) is 15.1. The van der Waals surface area contributed by atoms with E-state index in [1.165, 1.54) is 43.7 Å². The second-order valence-electron chi connectivity index (χ2n) is 5.81. The van der Waals surface area contributed by atoms with Crippen molar-refractivity contribution in [3.8, 4) is 0 Å². The SMILES string of the molecule is CCNC/C(=C/c1cccc(C(F)F)c1)C1CCCCC1. The van der Waals surface area contributed by atoms with E-state index < -0.39 is 6.43 Å². The van der Waals surface area contributed by atoms with E-state index in [4.69, 9.17) is 0 Å². The average molecular weight is 293 g/mol. The fourth-order valence-corrected chi connectivity index (χ4v) is 3.05. The lowest BCUT2D eigenvalue weighted by Gasteiger charge is -2.25. The van der Waals surface area contributed by atoms with Crippen LogP contribution in [0, 0.1) is 5.92 Å². The van der Waals surface area contributed by atoms with Crippen LogP contribution in [0.5, 0.6) is 0 Å². The standard InChI is InChI=1S/C18H25F2N/c1-2-21-13-17(15-8-4-3-5-9-15)12-14-7-6-10-16(11-14)18(19)20/h6-7,10-12,15,18,21H,2-5,8-9,13H2,1H3/b17-12-. The number of halogens is 2. The third-order valence-electron chi connectivity index (χ3n) is 4.22. The van der Waals surface area contributed by atoms with Crippen molar-refractivity contribution >= 4 is 6.08 Å². The molecule has 0 radical (unpaired) electrons. The predicted octanol–water partition coefficient (Wildman–Crippen LogP) is 5.20. The molecule has 0 saturated heterocycles. The highest BCUT2D eigenvalue weighted by Gasteiger charge is 2.17. The summed E-state index contributed by atoms with van der Waals surface area (Å²) in [6.45, 7) is 3.89. The molecular formula is C18H25F2N. The first kappa shape index (κ1) is 16.2. The number of benzene rings is 1. The number of alkyl halides is 2. The van der Waals surface area contributed by atoms with Gasteiger partial charge in [-0.1, -0.05) is 56.0 Å². The molecule has 0 bridgehead atoms. The number of likely N-dealkylation sites (N-methyl/N-ethyl adjacent to an activating group) is 1. The molecule has 1 aromatic carbocycles. The molecule has 1 saturated carbocycles. The van der Waals surface area contributed by atoms with Gasteiger partial charge < -0.3 is 5.32 Å². The molecular weight excluding hydrogens is 268 g/mol. The normalized spacial score (nSPS) is 17.4. The maximum absolute atomic E-state index is 12.8. The molecule has 0 aromatic heterocycles. The van der Waals surface area contributed by atoms with Gasteiger partial charge in [0, 0.05) is 12.1 Å². The van der Waals surface area contributed by atoms with Gasteiger partial charge in [-0.25, -0.2) is 8.78 Å². The van der Waals surface area contributed by atoms with E-state index in [-0.39, 0.29) is 5.56 Å². The van der Waals surface area contributed by atoms with Crippen molar-refractivity contribution in [2.45, 2.75) is 45.5 Å². The minimum absolute atomic E-state index is 0.107. The predicted molar refractivity (Wildman–Crippen MR) is 84.5 cm³/mol. The van der Waals surface area contributed by atoms with Gasteiger partial charge in [0.25, 0.3) is 6.43 Å². The van der Waals surface area contributed by atoms with E-state index in [9.17, 15) is 8.78 Å². The number of hydrogen-bond donors (Lipinski definition) is 1. The molecule has 1 aromatic rings. The van der Waals surface area contributed by atoms with Gasteiger partial charge in [0.2, 0.25) is 0 Å². The number of hydrogen-bond acceptors (Lipinski definition) is 1. The Hall–Kier alpha value is -1.22. The summed E-state index contributed by atoms with van der Waals surface area (Å²) < 4.78 is 25.6. The van der Waals surface area contributed by atoms with Gasteiger partial charge in [0.1, 0.15) is 0 Å². The van der Waals surface area contributed by atoms with Gasteiger partial charge >= 0.3 is 0 Å². The van der Waals surface area contributed by atoms with Crippen molar-refractivity contribution in [1.29, 1.82) is 0 Å². The summed E-state index contributed by atoms with van der Waals surface area (Å²) in [4.78, 5) is 0. The second kappa shape index (κ2) is 8.28. The number of nitrogens with one attached hydrogen (secondary N) is 1. The van der Waals surface area contributed by atoms with Gasteiger partial charge in [0.05, 0.1) is 0 Å². The van der Waals surface area contributed by atoms with E-state index in [0.717, 1.165) is 18.7 Å². The van der Waals surface area contributed by atoms with Crippen molar-refractivity contribution < 1.29 is 8.78 Å². The molecule has 0 atom stereocenters. The monoisotopic (exact) mass is 293 g/mol. The fraction of sp³-hybridized carbons (Fsp3) is 0.556. The highest BCUT2D eigenvalue weighted by Crippen LogP contribution is 2.31. The van der Waals surface area contributed by atoms with Crippen LogP contribution in [0.1, 0.15) is 56.6 Å². The van der Waals surface area contributed by atoms with Crippen molar-refractivity contribution in [2.24, 2.45) is 5.92 Å². The Balaban J connectivity index is 2.19. The Morgan fingerprint density at radius 2 is 2.05 bits per heavy atom. The molecule has 116 valence electrons. The van der Waals surface area contributed by atoms with Crippen LogP contribution in [-0.2, 0) is 0 Å². The molecule has 1 fully saturated rings. The molecule has 0 heterocycles.